The van der Waals surface area contributed by atoms with Gasteiger partial charge in [0.1, 0.15) is 17.3 Å². The molecular weight excluding hydrogens is 283 g/mol. The molecule has 0 aliphatic rings. The smallest absolute Gasteiger partial charge is 0.131 e. The summed E-state index contributed by atoms with van der Waals surface area (Å²) < 4.78 is 18.9. The maximum absolute atomic E-state index is 13.1. The second-order valence-electron chi connectivity index (χ2n) is 3.75. The van der Waals surface area contributed by atoms with Gasteiger partial charge in [-0.25, -0.2) is 4.39 Å². The van der Waals surface area contributed by atoms with E-state index in [1.54, 1.807) is 6.07 Å². The van der Waals surface area contributed by atoms with Crippen LogP contribution in [0, 0.1) is 12.7 Å². The van der Waals surface area contributed by atoms with Gasteiger partial charge in [-0.2, -0.15) is 0 Å². The predicted octanol–water partition coefficient (Wildman–Crippen LogP) is 4.82. The van der Waals surface area contributed by atoms with Gasteiger partial charge < -0.3 is 4.74 Å². The zero-order valence-electron chi connectivity index (χ0n) is 9.41. The van der Waals surface area contributed by atoms with Crippen molar-refractivity contribution in [3.8, 4) is 11.5 Å². The van der Waals surface area contributed by atoms with Gasteiger partial charge >= 0.3 is 0 Å². The van der Waals surface area contributed by atoms with Gasteiger partial charge in [-0.3, -0.25) is 0 Å². The first-order valence-electron chi connectivity index (χ1n) is 5.28. The highest BCUT2D eigenvalue weighted by Crippen LogP contribution is 2.29. The first-order valence-corrected chi connectivity index (χ1v) is 6.40. The van der Waals surface area contributed by atoms with Crippen molar-refractivity contribution in [2.45, 2.75) is 12.3 Å². The molecule has 0 amide bonds. The van der Waals surface area contributed by atoms with Crippen molar-refractivity contribution in [1.29, 1.82) is 0 Å². The minimum atomic E-state index is -0.253. The Morgan fingerprint density at radius 3 is 2.59 bits per heavy atom. The van der Waals surface area contributed by atoms with Crippen LogP contribution in [0.15, 0.2) is 42.5 Å². The molecule has 0 fully saturated rings. The number of benzene rings is 2. The minimum Gasteiger partial charge on any atom is -0.457 e. The van der Waals surface area contributed by atoms with Crippen LogP contribution < -0.4 is 4.74 Å². The Bertz CT molecular complexity index is 525. The molecule has 0 radical (unpaired) electrons. The highest BCUT2D eigenvalue weighted by molar-refractivity contribution is 9.08. The van der Waals surface area contributed by atoms with Crippen molar-refractivity contribution in [2.75, 3.05) is 0 Å². The van der Waals surface area contributed by atoms with Crippen LogP contribution in [0.25, 0.3) is 0 Å². The highest BCUT2D eigenvalue weighted by Gasteiger charge is 2.06. The van der Waals surface area contributed by atoms with Crippen molar-refractivity contribution in [1.82, 2.24) is 0 Å². The number of hydrogen-bond acceptors (Lipinski definition) is 1. The average Bonchev–Trinajstić information content (AvgIpc) is 2.34. The van der Waals surface area contributed by atoms with Crippen molar-refractivity contribution in [3.63, 3.8) is 0 Å². The summed E-state index contributed by atoms with van der Waals surface area (Å²) in [4.78, 5) is 0. The van der Waals surface area contributed by atoms with Crippen molar-refractivity contribution >= 4 is 15.9 Å². The third kappa shape index (κ3) is 2.86. The van der Waals surface area contributed by atoms with Crippen molar-refractivity contribution < 1.29 is 9.13 Å². The summed E-state index contributed by atoms with van der Waals surface area (Å²) in [7, 11) is 0. The lowest BCUT2D eigenvalue weighted by molar-refractivity contribution is 0.472. The Labute approximate surface area is 108 Å². The van der Waals surface area contributed by atoms with Crippen LogP contribution in [0.1, 0.15) is 11.1 Å². The molecule has 2 aromatic carbocycles. The lowest BCUT2D eigenvalue weighted by Gasteiger charge is -2.11. The molecule has 1 nitrogen and oxygen atoms in total. The molecule has 0 saturated heterocycles. The molecule has 0 N–H and O–H groups in total. The quantitative estimate of drug-likeness (QED) is 0.737. The Morgan fingerprint density at radius 2 is 1.88 bits per heavy atom. The van der Waals surface area contributed by atoms with E-state index >= 15 is 0 Å². The maximum Gasteiger partial charge on any atom is 0.131 e. The molecule has 0 bridgehead atoms. The molecule has 0 aliphatic carbocycles. The molecular formula is C14H12BrFO. The van der Waals surface area contributed by atoms with Crippen LogP contribution in [0.5, 0.6) is 11.5 Å². The van der Waals surface area contributed by atoms with Crippen LogP contribution in [-0.2, 0) is 5.33 Å². The minimum absolute atomic E-state index is 0.253. The summed E-state index contributed by atoms with van der Waals surface area (Å²) in [6.45, 7) is 1.98. The lowest BCUT2D eigenvalue weighted by atomic mass is 10.2. The van der Waals surface area contributed by atoms with Gasteiger partial charge in [-0.1, -0.05) is 34.1 Å². The first kappa shape index (κ1) is 12.1. The van der Waals surface area contributed by atoms with Gasteiger partial charge in [0.25, 0.3) is 0 Å². The van der Waals surface area contributed by atoms with Gasteiger partial charge in [0.15, 0.2) is 0 Å². The number of rotatable bonds is 3. The SMILES string of the molecule is Cc1ccccc1Oc1ccc(F)cc1CBr. The topological polar surface area (TPSA) is 9.23 Å². The van der Waals surface area contributed by atoms with Crippen LogP contribution in [0.3, 0.4) is 0 Å². The second-order valence-corrected chi connectivity index (χ2v) is 4.31. The Kier molecular flexibility index (Phi) is 3.79. The molecule has 0 heterocycles. The molecule has 0 aromatic heterocycles. The van der Waals surface area contributed by atoms with Crippen LogP contribution in [-0.4, -0.2) is 0 Å². The summed E-state index contributed by atoms with van der Waals surface area (Å²) in [6.07, 6.45) is 0. The average molecular weight is 295 g/mol. The predicted molar refractivity (Wildman–Crippen MR) is 70.3 cm³/mol. The third-order valence-electron chi connectivity index (χ3n) is 2.48. The van der Waals surface area contributed by atoms with E-state index in [1.165, 1.54) is 12.1 Å². The van der Waals surface area contributed by atoms with E-state index in [0.717, 1.165) is 16.9 Å². The fourth-order valence-corrected chi connectivity index (χ4v) is 1.98. The number of ether oxygens (including phenoxy) is 1. The summed E-state index contributed by atoms with van der Waals surface area (Å²) in [5.74, 6) is 1.22. The van der Waals surface area contributed by atoms with E-state index in [1.807, 2.05) is 31.2 Å². The highest BCUT2D eigenvalue weighted by atomic mass is 79.9. The van der Waals surface area contributed by atoms with E-state index in [2.05, 4.69) is 15.9 Å². The largest absolute Gasteiger partial charge is 0.457 e. The molecule has 2 aromatic rings. The van der Waals surface area contributed by atoms with E-state index in [0.29, 0.717) is 11.1 Å². The monoisotopic (exact) mass is 294 g/mol. The number of alkyl halides is 1. The Hall–Kier alpha value is -1.35. The lowest BCUT2D eigenvalue weighted by Crippen LogP contribution is -1.92. The summed E-state index contributed by atoms with van der Waals surface area (Å²) >= 11 is 3.33. The van der Waals surface area contributed by atoms with Gasteiger partial charge in [0.05, 0.1) is 0 Å². The van der Waals surface area contributed by atoms with Crippen LogP contribution >= 0.6 is 15.9 Å². The molecule has 0 unspecified atom stereocenters. The van der Waals surface area contributed by atoms with Crippen molar-refractivity contribution in [3.05, 3.63) is 59.4 Å². The number of halogens is 2. The van der Waals surface area contributed by atoms with Gasteiger partial charge in [-0.15, -0.1) is 0 Å². The second kappa shape index (κ2) is 5.32. The Balaban J connectivity index is 2.33. The van der Waals surface area contributed by atoms with E-state index < -0.39 is 0 Å². The zero-order chi connectivity index (χ0) is 12.3. The fraction of sp³-hybridized carbons (Fsp3) is 0.143. The van der Waals surface area contributed by atoms with E-state index in [9.17, 15) is 4.39 Å². The summed E-state index contributed by atoms with van der Waals surface area (Å²) in [6, 6.07) is 12.3. The molecule has 88 valence electrons. The number of hydrogen-bond donors (Lipinski definition) is 0. The van der Waals surface area contributed by atoms with Crippen LogP contribution in [0.4, 0.5) is 4.39 Å². The van der Waals surface area contributed by atoms with Gasteiger partial charge in [-0.05, 0) is 36.8 Å². The molecule has 17 heavy (non-hydrogen) atoms. The van der Waals surface area contributed by atoms with Gasteiger partial charge in [0, 0.05) is 10.9 Å². The molecule has 0 atom stereocenters. The van der Waals surface area contributed by atoms with Gasteiger partial charge in [0.2, 0.25) is 0 Å². The normalized spacial score (nSPS) is 10.3. The maximum atomic E-state index is 13.1. The molecule has 2 rings (SSSR count). The van der Waals surface area contributed by atoms with Crippen LogP contribution in [0.2, 0.25) is 0 Å². The molecule has 0 spiro atoms. The van der Waals surface area contributed by atoms with Crippen molar-refractivity contribution in [2.24, 2.45) is 0 Å². The van der Waals surface area contributed by atoms with E-state index in [-0.39, 0.29) is 5.82 Å². The summed E-state index contributed by atoms with van der Waals surface area (Å²) in [5.41, 5.74) is 1.85. The number of para-hydroxylation sites is 1. The number of aryl methyl sites for hydroxylation is 1. The zero-order valence-corrected chi connectivity index (χ0v) is 11.0. The Morgan fingerprint density at radius 1 is 1.12 bits per heavy atom. The third-order valence-corrected chi connectivity index (χ3v) is 3.08. The standard InChI is InChI=1S/C14H12BrFO/c1-10-4-2-3-5-13(10)17-14-7-6-12(16)8-11(14)9-15/h2-8H,9H2,1H3. The summed E-state index contributed by atoms with van der Waals surface area (Å²) in [5, 5.41) is 0.561. The molecule has 0 saturated carbocycles. The molecule has 3 heteroatoms. The first-order chi connectivity index (χ1) is 8.20. The fourth-order valence-electron chi connectivity index (χ4n) is 1.54. The van der Waals surface area contributed by atoms with E-state index in [4.69, 9.17) is 4.74 Å². The molecule has 0 aliphatic heterocycles.